The van der Waals surface area contributed by atoms with Crippen LogP contribution in [0.25, 0.3) is 0 Å². The predicted molar refractivity (Wildman–Crippen MR) is 89.9 cm³/mol. The van der Waals surface area contributed by atoms with Gasteiger partial charge < -0.3 is 10.1 Å². The summed E-state index contributed by atoms with van der Waals surface area (Å²) >= 11 is 0. The van der Waals surface area contributed by atoms with Gasteiger partial charge in [0.15, 0.2) is 0 Å². The van der Waals surface area contributed by atoms with E-state index < -0.39 is 5.66 Å². The van der Waals surface area contributed by atoms with Gasteiger partial charge in [-0.1, -0.05) is 36.1 Å². The Morgan fingerprint density at radius 1 is 1.27 bits per heavy atom. The van der Waals surface area contributed by atoms with E-state index in [9.17, 15) is 8.78 Å². The normalized spacial score (nSPS) is 17.5. The molecule has 0 aromatic heterocycles. The second-order valence-corrected chi connectivity index (χ2v) is 7.36. The fraction of sp³-hybridized carbons (Fsp3) is 0.647. The molecule has 1 aromatic rings. The molecule has 0 bridgehead atoms. The zero-order chi connectivity index (χ0) is 16.4. The first-order valence-electron chi connectivity index (χ1n) is 7.93. The highest BCUT2D eigenvalue weighted by Gasteiger charge is 2.32. The summed E-state index contributed by atoms with van der Waals surface area (Å²) in [5, 5.41) is 3.25. The highest BCUT2D eigenvalue weighted by Crippen LogP contribution is 2.43. The molecule has 0 amide bonds. The van der Waals surface area contributed by atoms with Crippen molar-refractivity contribution in [1.29, 1.82) is 0 Å². The van der Waals surface area contributed by atoms with Crippen molar-refractivity contribution < 1.29 is 13.5 Å². The van der Waals surface area contributed by atoms with Gasteiger partial charge in [-0.2, -0.15) is 8.78 Å². The van der Waals surface area contributed by atoms with Gasteiger partial charge in [0, 0.05) is 0 Å². The molecule has 0 saturated carbocycles. The molecular formula is C17H26F2NOP. The van der Waals surface area contributed by atoms with E-state index in [2.05, 4.69) is 26.1 Å². The van der Waals surface area contributed by atoms with Crippen LogP contribution < -0.4 is 10.1 Å². The van der Waals surface area contributed by atoms with Crippen molar-refractivity contribution in [2.45, 2.75) is 57.2 Å². The van der Waals surface area contributed by atoms with Gasteiger partial charge in [0.1, 0.15) is 11.9 Å². The Bertz CT molecular complexity index is 508. The maximum Gasteiger partial charge on any atom is 0.287 e. The number of alkyl halides is 2. The number of halogens is 2. The molecular weight excluding hydrogens is 303 g/mol. The molecule has 124 valence electrons. The smallest absolute Gasteiger partial charge is 0.287 e. The average molecular weight is 329 g/mol. The molecule has 1 aliphatic rings. The van der Waals surface area contributed by atoms with Crippen molar-refractivity contribution in [3.8, 4) is 5.75 Å². The lowest BCUT2D eigenvalue weighted by atomic mass is 9.81. The predicted octanol–water partition coefficient (Wildman–Crippen LogP) is 4.43. The van der Waals surface area contributed by atoms with E-state index in [1.807, 2.05) is 6.07 Å². The summed E-state index contributed by atoms with van der Waals surface area (Å²) in [5.41, 5.74) is -2.22. The van der Waals surface area contributed by atoms with Crippen LogP contribution >= 0.6 is 9.24 Å². The van der Waals surface area contributed by atoms with E-state index >= 15 is 0 Å². The van der Waals surface area contributed by atoms with Crippen LogP contribution in [-0.2, 0) is 11.1 Å². The second kappa shape index (κ2) is 6.80. The standard InChI is InChI=1S/C17H26F2NOP/c1-4-16(2,3)12-5-6-15(14(11-12)17(18,19)22)21-13-7-9-20-10-8-13/h5-6,11,13,20H,4,7-10,22H2,1-3H3. The van der Waals surface area contributed by atoms with Gasteiger partial charge in [-0.25, -0.2) is 0 Å². The summed E-state index contributed by atoms with van der Waals surface area (Å²) in [5.74, 6) is 0.308. The lowest BCUT2D eigenvalue weighted by molar-refractivity contribution is 0.0917. The molecule has 2 rings (SSSR count). The molecule has 1 saturated heterocycles. The third-order valence-electron chi connectivity index (χ3n) is 4.58. The van der Waals surface area contributed by atoms with Crippen LogP contribution in [0.1, 0.15) is 51.2 Å². The van der Waals surface area contributed by atoms with Gasteiger partial charge in [-0.05, 0) is 55.5 Å². The number of hydrogen-bond acceptors (Lipinski definition) is 2. The first-order valence-corrected chi connectivity index (χ1v) is 8.51. The van der Waals surface area contributed by atoms with Crippen LogP contribution in [0.3, 0.4) is 0 Å². The molecule has 22 heavy (non-hydrogen) atoms. The summed E-state index contributed by atoms with van der Waals surface area (Å²) in [6.45, 7) is 7.95. The third kappa shape index (κ3) is 4.17. The Hall–Kier alpha value is -0.730. The SMILES string of the molecule is CCC(C)(C)c1ccc(OC2CCNCC2)c(C(F)(F)P)c1. The zero-order valence-electron chi connectivity index (χ0n) is 13.6. The van der Waals surface area contributed by atoms with Crippen LogP contribution in [0.5, 0.6) is 5.75 Å². The summed E-state index contributed by atoms with van der Waals surface area (Å²) in [7, 11) is 1.64. The van der Waals surface area contributed by atoms with Crippen LogP contribution in [-0.4, -0.2) is 19.2 Å². The Morgan fingerprint density at radius 3 is 2.45 bits per heavy atom. The lowest BCUT2D eigenvalue weighted by Crippen LogP contribution is -2.34. The van der Waals surface area contributed by atoms with E-state index in [0.717, 1.165) is 37.9 Å². The van der Waals surface area contributed by atoms with Crippen molar-refractivity contribution in [3.05, 3.63) is 29.3 Å². The fourth-order valence-corrected chi connectivity index (χ4v) is 2.84. The minimum absolute atomic E-state index is 0.0115. The second-order valence-electron chi connectivity index (χ2n) is 6.64. The zero-order valence-corrected chi connectivity index (χ0v) is 14.7. The van der Waals surface area contributed by atoms with Crippen molar-refractivity contribution in [2.24, 2.45) is 0 Å². The molecule has 0 radical (unpaired) electrons. The monoisotopic (exact) mass is 329 g/mol. The van der Waals surface area contributed by atoms with E-state index in [4.69, 9.17) is 4.74 Å². The van der Waals surface area contributed by atoms with Crippen LogP contribution in [0.15, 0.2) is 18.2 Å². The minimum Gasteiger partial charge on any atom is -0.490 e. The molecule has 0 spiro atoms. The fourth-order valence-electron chi connectivity index (χ4n) is 2.61. The van der Waals surface area contributed by atoms with Crippen LogP contribution in [0, 0.1) is 0 Å². The van der Waals surface area contributed by atoms with Crippen molar-refractivity contribution in [1.82, 2.24) is 5.32 Å². The van der Waals surface area contributed by atoms with Gasteiger partial charge in [-0.3, -0.25) is 0 Å². The van der Waals surface area contributed by atoms with Gasteiger partial charge >= 0.3 is 0 Å². The quantitative estimate of drug-likeness (QED) is 0.807. The average Bonchev–Trinajstić information content (AvgIpc) is 2.47. The number of hydrogen-bond donors (Lipinski definition) is 1. The van der Waals surface area contributed by atoms with Crippen molar-refractivity contribution in [3.63, 3.8) is 0 Å². The van der Waals surface area contributed by atoms with E-state index in [1.54, 1.807) is 21.4 Å². The van der Waals surface area contributed by atoms with Gasteiger partial charge in [0.2, 0.25) is 0 Å². The van der Waals surface area contributed by atoms with E-state index in [0.29, 0.717) is 5.75 Å². The van der Waals surface area contributed by atoms with Gasteiger partial charge in [0.05, 0.1) is 5.56 Å². The first-order chi connectivity index (χ1) is 10.2. The first kappa shape index (κ1) is 17.6. The molecule has 1 unspecified atom stereocenters. The summed E-state index contributed by atoms with van der Waals surface area (Å²) in [4.78, 5) is 0. The Morgan fingerprint density at radius 2 is 1.91 bits per heavy atom. The molecule has 1 aliphatic heterocycles. The number of rotatable bonds is 5. The molecule has 1 heterocycles. The maximum absolute atomic E-state index is 14.0. The summed E-state index contributed by atoms with van der Waals surface area (Å²) in [6, 6.07) is 5.23. The van der Waals surface area contributed by atoms with Crippen molar-refractivity contribution >= 4 is 9.24 Å². The highest BCUT2D eigenvalue weighted by molar-refractivity contribution is 7.17. The largest absolute Gasteiger partial charge is 0.490 e. The number of benzene rings is 1. The Labute approximate surface area is 134 Å². The topological polar surface area (TPSA) is 21.3 Å². The van der Waals surface area contributed by atoms with Crippen LogP contribution in [0.2, 0.25) is 0 Å². The minimum atomic E-state index is -2.98. The molecule has 0 aliphatic carbocycles. The van der Waals surface area contributed by atoms with Gasteiger partial charge in [-0.15, -0.1) is 0 Å². The molecule has 5 heteroatoms. The lowest BCUT2D eigenvalue weighted by Gasteiger charge is -2.29. The summed E-state index contributed by atoms with van der Waals surface area (Å²) < 4.78 is 33.9. The maximum atomic E-state index is 14.0. The summed E-state index contributed by atoms with van der Waals surface area (Å²) in [6.07, 6.45) is 2.61. The van der Waals surface area contributed by atoms with E-state index in [1.165, 1.54) is 0 Å². The molecule has 2 nitrogen and oxygen atoms in total. The number of ether oxygens (including phenoxy) is 1. The van der Waals surface area contributed by atoms with Gasteiger partial charge in [0.25, 0.3) is 5.66 Å². The number of nitrogens with one attached hydrogen (secondary N) is 1. The van der Waals surface area contributed by atoms with E-state index in [-0.39, 0.29) is 17.1 Å². The number of piperidine rings is 1. The highest BCUT2D eigenvalue weighted by atomic mass is 31.0. The Balaban J connectivity index is 2.32. The molecule has 1 atom stereocenters. The Kier molecular flexibility index (Phi) is 5.45. The van der Waals surface area contributed by atoms with Crippen LogP contribution in [0.4, 0.5) is 8.78 Å². The molecule has 1 fully saturated rings. The molecule has 1 N–H and O–H groups in total. The van der Waals surface area contributed by atoms with Crippen molar-refractivity contribution in [2.75, 3.05) is 13.1 Å². The molecule has 1 aromatic carbocycles. The third-order valence-corrected chi connectivity index (χ3v) is 4.89.